The highest BCUT2D eigenvalue weighted by Gasteiger charge is 2.62. The van der Waals surface area contributed by atoms with Crippen LogP contribution in [0.1, 0.15) is 62.8 Å². The Morgan fingerprint density at radius 1 is 1.08 bits per heavy atom. The van der Waals surface area contributed by atoms with E-state index in [1.54, 1.807) is 6.92 Å². The van der Waals surface area contributed by atoms with Gasteiger partial charge in [0.1, 0.15) is 0 Å². The Hall–Kier alpha value is -2.09. The smallest absolute Gasteiger partial charge is 0.224 e. The Morgan fingerprint density at radius 3 is 2.46 bits per heavy atom. The van der Waals surface area contributed by atoms with Crippen molar-refractivity contribution in [3.63, 3.8) is 0 Å². The van der Waals surface area contributed by atoms with Crippen LogP contribution in [0.3, 0.4) is 0 Å². The van der Waals surface area contributed by atoms with E-state index in [1.165, 1.54) is 22.3 Å². The van der Waals surface area contributed by atoms with Crippen LogP contribution in [0.5, 0.6) is 0 Å². The van der Waals surface area contributed by atoms with E-state index in [0.29, 0.717) is 5.92 Å². The lowest BCUT2D eigenvalue weighted by Crippen LogP contribution is -2.51. The van der Waals surface area contributed by atoms with Crippen molar-refractivity contribution in [2.75, 3.05) is 4.90 Å². The fourth-order valence-electron chi connectivity index (χ4n) is 5.00. The summed E-state index contributed by atoms with van der Waals surface area (Å²) >= 11 is 0. The molecule has 124 valence electrons. The van der Waals surface area contributed by atoms with Crippen molar-refractivity contribution in [3.05, 3.63) is 64.7 Å². The first-order chi connectivity index (χ1) is 11.3. The topological polar surface area (TPSA) is 20.3 Å². The van der Waals surface area contributed by atoms with Gasteiger partial charge in [-0.3, -0.25) is 4.79 Å². The Bertz CT molecular complexity index is 853. The van der Waals surface area contributed by atoms with Gasteiger partial charge in [0, 0.05) is 18.0 Å². The molecule has 0 spiro atoms. The van der Waals surface area contributed by atoms with Crippen LogP contribution in [0.4, 0.5) is 5.69 Å². The molecule has 2 nitrogen and oxygen atoms in total. The maximum Gasteiger partial charge on any atom is 0.224 e. The van der Waals surface area contributed by atoms with Crippen LogP contribution >= 0.6 is 0 Å². The van der Waals surface area contributed by atoms with Crippen LogP contribution < -0.4 is 4.90 Å². The lowest BCUT2D eigenvalue weighted by atomic mass is 9.70. The van der Waals surface area contributed by atoms with E-state index in [-0.39, 0.29) is 16.9 Å². The zero-order valence-corrected chi connectivity index (χ0v) is 15.2. The molecule has 0 aromatic heterocycles. The highest BCUT2D eigenvalue weighted by Crippen LogP contribution is 2.62. The minimum atomic E-state index is -0.312. The molecule has 2 aliphatic rings. The number of rotatable bonds is 1. The molecule has 2 heteroatoms. The molecule has 0 saturated heterocycles. The monoisotopic (exact) mass is 319 g/mol. The predicted molar refractivity (Wildman–Crippen MR) is 98.5 cm³/mol. The number of hydrogen-bond donors (Lipinski definition) is 0. The van der Waals surface area contributed by atoms with Crippen LogP contribution in [-0.2, 0) is 22.2 Å². The first-order valence-corrected chi connectivity index (χ1v) is 8.84. The fraction of sp³-hybridized carbons (Fsp3) is 0.409. The fourth-order valence-corrected chi connectivity index (χ4v) is 5.00. The summed E-state index contributed by atoms with van der Waals surface area (Å²) in [6.07, 6.45) is 0.984. The Labute approximate surface area is 144 Å². The standard InChI is InChI=1S/C22H25NO/c1-14(2)16-10-11-20-19(12-16)21(4)13-17-8-6-7-9-18(17)22(21,5)23(20)15(3)24/h6-12,14H,13H2,1-5H3/t21-,22-/m0/s1. The molecule has 0 unspecified atom stereocenters. The second-order valence-electron chi connectivity index (χ2n) is 8.02. The van der Waals surface area contributed by atoms with Crippen molar-refractivity contribution < 1.29 is 4.79 Å². The third-order valence-electron chi connectivity index (χ3n) is 6.44. The first-order valence-electron chi connectivity index (χ1n) is 8.84. The van der Waals surface area contributed by atoms with Crippen LogP contribution in [0.2, 0.25) is 0 Å². The Morgan fingerprint density at radius 2 is 1.79 bits per heavy atom. The molecule has 24 heavy (non-hydrogen) atoms. The van der Waals surface area contributed by atoms with Crippen LogP contribution in [0.15, 0.2) is 42.5 Å². The summed E-state index contributed by atoms with van der Waals surface area (Å²) in [6, 6.07) is 15.3. The molecular formula is C22H25NO. The number of anilines is 1. The summed E-state index contributed by atoms with van der Waals surface area (Å²) in [4.78, 5) is 14.7. The van der Waals surface area contributed by atoms with Gasteiger partial charge in [0.2, 0.25) is 5.91 Å². The van der Waals surface area contributed by atoms with Crippen molar-refractivity contribution in [2.45, 2.75) is 57.9 Å². The van der Waals surface area contributed by atoms with E-state index >= 15 is 0 Å². The summed E-state index contributed by atoms with van der Waals surface area (Å²) < 4.78 is 0. The number of benzene rings is 2. The molecule has 1 aliphatic carbocycles. The van der Waals surface area contributed by atoms with E-state index in [4.69, 9.17) is 0 Å². The molecular weight excluding hydrogens is 294 g/mol. The van der Waals surface area contributed by atoms with Gasteiger partial charge in [-0.15, -0.1) is 0 Å². The summed E-state index contributed by atoms with van der Waals surface area (Å²) in [6.45, 7) is 10.7. The maximum atomic E-state index is 12.7. The van der Waals surface area contributed by atoms with Gasteiger partial charge in [-0.05, 0) is 47.6 Å². The largest absolute Gasteiger partial charge is 0.301 e. The number of hydrogen-bond acceptors (Lipinski definition) is 1. The molecule has 1 heterocycles. The van der Waals surface area contributed by atoms with Crippen LogP contribution in [0, 0.1) is 0 Å². The van der Waals surface area contributed by atoms with Gasteiger partial charge in [-0.2, -0.15) is 0 Å². The molecule has 2 aromatic rings. The van der Waals surface area contributed by atoms with E-state index < -0.39 is 0 Å². The van der Waals surface area contributed by atoms with Gasteiger partial charge in [-0.1, -0.05) is 57.2 Å². The highest BCUT2D eigenvalue weighted by atomic mass is 16.2. The van der Waals surface area contributed by atoms with Gasteiger partial charge in [0.15, 0.2) is 0 Å². The molecule has 0 radical (unpaired) electrons. The molecule has 0 bridgehead atoms. The third kappa shape index (κ3) is 1.64. The summed E-state index contributed by atoms with van der Waals surface area (Å²) in [5.74, 6) is 0.608. The average Bonchev–Trinajstić information content (AvgIpc) is 2.87. The van der Waals surface area contributed by atoms with E-state index in [2.05, 4.69) is 70.2 Å². The van der Waals surface area contributed by atoms with E-state index in [0.717, 1.165) is 12.1 Å². The summed E-state index contributed by atoms with van der Waals surface area (Å²) in [5, 5.41) is 0. The Kier molecular flexibility index (Phi) is 3.04. The van der Waals surface area contributed by atoms with Gasteiger partial charge < -0.3 is 4.90 Å². The lowest BCUT2D eigenvalue weighted by molar-refractivity contribution is -0.118. The number of carbonyl (C=O) groups excluding carboxylic acids is 1. The number of fused-ring (bicyclic) bond motifs is 5. The van der Waals surface area contributed by atoms with Crippen LogP contribution in [0.25, 0.3) is 0 Å². The quantitative estimate of drug-likeness (QED) is 0.731. The first kappa shape index (κ1) is 15.4. The second kappa shape index (κ2) is 4.72. The van der Waals surface area contributed by atoms with Crippen molar-refractivity contribution >= 4 is 11.6 Å². The number of amides is 1. The molecule has 0 fully saturated rings. The maximum absolute atomic E-state index is 12.7. The van der Waals surface area contributed by atoms with E-state index in [1.807, 2.05) is 4.90 Å². The van der Waals surface area contributed by atoms with Crippen molar-refractivity contribution in [1.82, 2.24) is 0 Å². The number of nitrogens with zero attached hydrogens (tertiary/aromatic N) is 1. The molecule has 1 aliphatic heterocycles. The van der Waals surface area contributed by atoms with Crippen LogP contribution in [-0.4, -0.2) is 5.91 Å². The van der Waals surface area contributed by atoms with Gasteiger partial charge in [0.05, 0.1) is 5.54 Å². The van der Waals surface area contributed by atoms with Gasteiger partial charge in [0.25, 0.3) is 0 Å². The molecule has 0 N–H and O–H groups in total. The SMILES string of the molecule is CC(=O)N1c2ccc(C(C)C)cc2[C@]2(C)Cc3ccccc3[C@]12C. The van der Waals surface area contributed by atoms with Crippen molar-refractivity contribution in [2.24, 2.45) is 0 Å². The molecule has 1 amide bonds. The molecule has 2 aromatic carbocycles. The molecule has 4 rings (SSSR count). The number of carbonyl (C=O) groups is 1. The van der Waals surface area contributed by atoms with E-state index in [9.17, 15) is 4.79 Å². The zero-order chi connectivity index (χ0) is 17.3. The summed E-state index contributed by atoms with van der Waals surface area (Å²) in [7, 11) is 0. The lowest BCUT2D eigenvalue weighted by Gasteiger charge is -2.41. The van der Waals surface area contributed by atoms with Crippen molar-refractivity contribution in [1.29, 1.82) is 0 Å². The van der Waals surface area contributed by atoms with Gasteiger partial charge in [-0.25, -0.2) is 0 Å². The summed E-state index contributed by atoms with van der Waals surface area (Å²) in [5.41, 5.74) is 6.03. The minimum absolute atomic E-state index is 0.0808. The predicted octanol–water partition coefficient (Wildman–Crippen LogP) is 4.91. The highest BCUT2D eigenvalue weighted by molar-refractivity contribution is 5.98. The minimum Gasteiger partial charge on any atom is -0.301 e. The average molecular weight is 319 g/mol. The van der Waals surface area contributed by atoms with Crippen molar-refractivity contribution in [3.8, 4) is 0 Å². The molecule has 0 saturated carbocycles. The third-order valence-corrected chi connectivity index (χ3v) is 6.44. The Balaban J connectivity index is 2.03. The molecule has 2 atom stereocenters. The van der Waals surface area contributed by atoms with Gasteiger partial charge >= 0.3 is 0 Å². The normalized spacial score (nSPS) is 27.2. The second-order valence-corrected chi connectivity index (χ2v) is 8.02. The zero-order valence-electron chi connectivity index (χ0n) is 15.2.